The van der Waals surface area contributed by atoms with E-state index in [0.717, 1.165) is 15.6 Å². The minimum atomic E-state index is -3.00. The molecule has 0 aromatic heterocycles. The molecule has 178 valence electrons. The third kappa shape index (κ3) is 6.71. The second kappa shape index (κ2) is 11.9. The zero-order valence-corrected chi connectivity index (χ0v) is 20.5. The number of carbonyl (C=O) groups excluding carboxylic acids is 1. The number of alkyl halides is 2. The molecule has 0 bridgehead atoms. The molecular formula is C25H20BrClF2O5. The van der Waals surface area contributed by atoms with E-state index in [4.69, 9.17) is 25.8 Å². The van der Waals surface area contributed by atoms with Crippen LogP contribution >= 0.6 is 27.5 Å². The molecule has 0 aliphatic rings. The predicted molar refractivity (Wildman–Crippen MR) is 129 cm³/mol. The number of allylic oxidation sites excluding steroid dienone is 1. The summed E-state index contributed by atoms with van der Waals surface area (Å²) in [5, 5.41) is 0.586. The van der Waals surface area contributed by atoms with Crippen LogP contribution in [0.2, 0.25) is 5.02 Å². The van der Waals surface area contributed by atoms with Crippen molar-refractivity contribution in [1.82, 2.24) is 0 Å². The standard InChI is InChI=1S/C25H20BrClF2O5/c1-31-21-8-4-15(11-17(21)14-33-22-10-6-18(27)13-19(22)26)3-7-20(30)16-5-9-23(34-25(28)29)24(12-16)32-2/h3-13,25H,14H2,1-2H3/b7-3+. The molecule has 0 fully saturated rings. The molecule has 0 unspecified atom stereocenters. The first-order valence-electron chi connectivity index (χ1n) is 9.90. The molecule has 3 rings (SSSR count). The Morgan fingerprint density at radius 3 is 2.35 bits per heavy atom. The van der Waals surface area contributed by atoms with Crippen molar-refractivity contribution in [2.24, 2.45) is 0 Å². The van der Waals surface area contributed by atoms with Gasteiger partial charge in [-0.2, -0.15) is 8.78 Å². The maximum absolute atomic E-state index is 12.6. The number of ether oxygens (including phenoxy) is 4. The number of methoxy groups -OCH3 is 2. The summed E-state index contributed by atoms with van der Waals surface area (Å²) < 4.78 is 46.4. The molecule has 9 heteroatoms. The molecule has 0 heterocycles. The zero-order valence-electron chi connectivity index (χ0n) is 18.2. The van der Waals surface area contributed by atoms with Crippen LogP contribution in [0.1, 0.15) is 21.5 Å². The van der Waals surface area contributed by atoms with Gasteiger partial charge in [-0.25, -0.2) is 0 Å². The summed E-state index contributed by atoms with van der Waals surface area (Å²) in [5.41, 5.74) is 1.78. The van der Waals surface area contributed by atoms with Crippen molar-refractivity contribution in [3.63, 3.8) is 0 Å². The Morgan fingerprint density at radius 2 is 1.68 bits per heavy atom. The average molecular weight is 554 g/mol. The Labute approximate surface area is 209 Å². The second-order valence-corrected chi connectivity index (χ2v) is 8.17. The Bertz CT molecular complexity index is 1200. The highest BCUT2D eigenvalue weighted by Crippen LogP contribution is 2.31. The van der Waals surface area contributed by atoms with Gasteiger partial charge in [-0.05, 0) is 76.1 Å². The maximum atomic E-state index is 12.6. The average Bonchev–Trinajstić information content (AvgIpc) is 2.82. The summed E-state index contributed by atoms with van der Waals surface area (Å²) in [6, 6.07) is 14.6. The number of hydrogen-bond donors (Lipinski definition) is 0. The monoisotopic (exact) mass is 552 g/mol. The molecule has 3 aromatic rings. The lowest BCUT2D eigenvalue weighted by Gasteiger charge is -2.12. The maximum Gasteiger partial charge on any atom is 0.387 e. The van der Waals surface area contributed by atoms with Gasteiger partial charge in [-0.3, -0.25) is 4.79 Å². The molecule has 0 amide bonds. The van der Waals surface area contributed by atoms with Crippen LogP contribution in [-0.2, 0) is 6.61 Å². The van der Waals surface area contributed by atoms with E-state index < -0.39 is 6.61 Å². The van der Waals surface area contributed by atoms with E-state index in [1.54, 1.807) is 43.5 Å². The summed E-state index contributed by atoms with van der Waals surface area (Å²) in [6.45, 7) is -2.77. The summed E-state index contributed by atoms with van der Waals surface area (Å²) in [6.07, 6.45) is 3.02. The number of benzene rings is 3. The van der Waals surface area contributed by atoms with Crippen molar-refractivity contribution >= 4 is 39.4 Å². The molecule has 0 aliphatic carbocycles. The van der Waals surface area contributed by atoms with Crippen LogP contribution in [0.4, 0.5) is 8.78 Å². The fourth-order valence-electron chi connectivity index (χ4n) is 3.05. The Balaban J connectivity index is 1.76. The van der Waals surface area contributed by atoms with Crippen LogP contribution in [0.5, 0.6) is 23.0 Å². The lowest BCUT2D eigenvalue weighted by molar-refractivity contribution is -0.0512. The summed E-state index contributed by atoms with van der Waals surface area (Å²) in [5.74, 6) is 0.811. The van der Waals surface area contributed by atoms with Gasteiger partial charge in [-0.15, -0.1) is 0 Å². The second-order valence-electron chi connectivity index (χ2n) is 6.88. The van der Waals surface area contributed by atoms with E-state index in [-0.39, 0.29) is 29.5 Å². The van der Waals surface area contributed by atoms with Crippen LogP contribution < -0.4 is 18.9 Å². The smallest absolute Gasteiger partial charge is 0.387 e. The topological polar surface area (TPSA) is 54.0 Å². The Kier molecular flexibility index (Phi) is 8.90. The highest BCUT2D eigenvalue weighted by molar-refractivity contribution is 9.10. The molecule has 0 spiro atoms. The molecule has 34 heavy (non-hydrogen) atoms. The van der Waals surface area contributed by atoms with Crippen LogP contribution in [0.3, 0.4) is 0 Å². The Hall–Kier alpha value is -3.10. The molecule has 0 atom stereocenters. The minimum Gasteiger partial charge on any atom is -0.496 e. The van der Waals surface area contributed by atoms with Gasteiger partial charge in [0.15, 0.2) is 17.3 Å². The fraction of sp³-hybridized carbons (Fsp3) is 0.160. The van der Waals surface area contributed by atoms with Crippen molar-refractivity contribution in [2.45, 2.75) is 13.2 Å². The molecule has 0 aliphatic heterocycles. The van der Waals surface area contributed by atoms with E-state index >= 15 is 0 Å². The van der Waals surface area contributed by atoms with Gasteiger partial charge in [0.2, 0.25) is 0 Å². The third-order valence-corrected chi connectivity index (χ3v) is 5.53. The molecule has 0 saturated carbocycles. The quantitative estimate of drug-likeness (QED) is 0.196. The molecular weight excluding hydrogens is 534 g/mol. The number of halogens is 4. The number of ketones is 1. The molecule has 5 nitrogen and oxygen atoms in total. The van der Waals surface area contributed by atoms with Gasteiger partial charge in [0.1, 0.15) is 18.1 Å². The lowest BCUT2D eigenvalue weighted by Crippen LogP contribution is -2.04. The van der Waals surface area contributed by atoms with Gasteiger partial charge in [0.25, 0.3) is 0 Å². The first-order valence-corrected chi connectivity index (χ1v) is 11.1. The summed E-state index contributed by atoms with van der Waals surface area (Å²) in [7, 11) is 2.87. The summed E-state index contributed by atoms with van der Waals surface area (Å²) >= 11 is 9.38. The minimum absolute atomic E-state index is 0.0387. The molecule has 0 saturated heterocycles. The molecule has 0 N–H and O–H groups in total. The zero-order chi connectivity index (χ0) is 24.7. The van der Waals surface area contributed by atoms with Crippen molar-refractivity contribution in [2.75, 3.05) is 14.2 Å². The van der Waals surface area contributed by atoms with E-state index in [9.17, 15) is 13.6 Å². The van der Waals surface area contributed by atoms with Crippen molar-refractivity contribution in [3.05, 3.63) is 86.9 Å². The van der Waals surface area contributed by atoms with Crippen LogP contribution in [0.15, 0.2) is 65.1 Å². The van der Waals surface area contributed by atoms with Gasteiger partial charge in [0.05, 0.1) is 18.7 Å². The van der Waals surface area contributed by atoms with Crippen molar-refractivity contribution < 1.29 is 32.5 Å². The van der Waals surface area contributed by atoms with Crippen molar-refractivity contribution in [1.29, 1.82) is 0 Å². The number of hydrogen-bond acceptors (Lipinski definition) is 5. The lowest BCUT2D eigenvalue weighted by atomic mass is 10.1. The van der Waals surface area contributed by atoms with E-state index in [1.165, 1.54) is 31.4 Å². The highest BCUT2D eigenvalue weighted by atomic mass is 79.9. The van der Waals surface area contributed by atoms with Crippen molar-refractivity contribution in [3.8, 4) is 23.0 Å². The molecule has 3 aromatic carbocycles. The molecule has 0 radical (unpaired) electrons. The van der Waals surface area contributed by atoms with E-state index in [2.05, 4.69) is 20.7 Å². The van der Waals surface area contributed by atoms with E-state index in [1.807, 2.05) is 6.07 Å². The van der Waals surface area contributed by atoms with Crippen LogP contribution in [0, 0.1) is 0 Å². The first-order chi connectivity index (χ1) is 16.3. The van der Waals surface area contributed by atoms with Crippen LogP contribution in [0.25, 0.3) is 6.08 Å². The predicted octanol–water partition coefficient (Wildman–Crippen LogP) is 7.20. The fourth-order valence-corrected chi connectivity index (χ4v) is 3.84. The largest absolute Gasteiger partial charge is 0.496 e. The SMILES string of the molecule is COc1ccc(/C=C/C(=O)c2ccc(OC(F)F)c(OC)c2)cc1COc1ccc(Cl)cc1Br. The normalized spacial score (nSPS) is 11.0. The third-order valence-electron chi connectivity index (χ3n) is 4.67. The van der Waals surface area contributed by atoms with Gasteiger partial charge in [-0.1, -0.05) is 23.7 Å². The Morgan fingerprint density at radius 1 is 0.971 bits per heavy atom. The van der Waals surface area contributed by atoms with Gasteiger partial charge >= 0.3 is 6.61 Å². The first kappa shape index (κ1) is 25.5. The van der Waals surface area contributed by atoms with E-state index in [0.29, 0.717) is 16.5 Å². The van der Waals surface area contributed by atoms with Crippen LogP contribution in [-0.4, -0.2) is 26.6 Å². The highest BCUT2D eigenvalue weighted by Gasteiger charge is 2.13. The van der Waals surface area contributed by atoms with Gasteiger partial charge < -0.3 is 18.9 Å². The number of carbonyl (C=O) groups is 1. The number of rotatable bonds is 10. The van der Waals surface area contributed by atoms with Gasteiger partial charge in [0, 0.05) is 16.1 Å². The summed E-state index contributed by atoms with van der Waals surface area (Å²) in [4.78, 5) is 12.6.